The number of hydrogen-bond acceptors (Lipinski definition) is 3. The summed E-state index contributed by atoms with van der Waals surface area (Å²) >= 11 is 0. The largest absolute Gasteiger partial charge is 0.342 e. The summed E-state index contributed by atoms with van der Waals surface area (Å²) in [5.41, 5.74) is 6.06. The van der Waals surface area contributed by atoms with Crippen molar-refractivity contribution in [2.45, 2.75) is 65.0 Å². The second-order valence-corrected chi connectivity index (χ2v) is 7.35. The van der Waals surface area contributed by atoms with Gasteiger partial charge < -0.3 is 10.6 Å². The van der Waals surface area contributed by atoms with E-state index in [4.69, 9.17) is 5.73 Å². The van der Waals surface area contributed by atoms with Crippen molar-refractivity contribution < 1.29 is 4.79 Å². The third-order valence-corrected chi connectivity index (χ3v) is 5.03. The number of carbonyl (C=O) groups excluding carboxylic acids is 1. The molecule has 0 spiro atoms. The van der Waals surface area contributed by atoms with Gasteiger partial charge in [-0.3, -0.25) is 9.69 Å². The Bertz CT molecular complexity index is 311. The fraction of sp³-hybridized carbons (Fsp3) is 0.941. The van der Waals surface area contributed by atoms with Crippen LogP contribution in [-0.2, 0) is 4.79 Å². The van der Waals surface area contributed by atoms with Crippen molar-refractivity contribution in [2.75, 3.05) is 27.2 Å². The number of rotatable bonds is 7. The highest BCUT2D eigenvalue weighted by Gasteiger charge is 2.25. The molecule has 4 nitrogen and oxygen atoms in total. The first-order valence-electron chi connectivity index (χ1n) is 8.51. The quantitative estimate of drug-likeness (QED) is 0.784. The van der Waals surface area contributed by atoms with Crippen molar-refractivity contribution in [1.82, 2.24) is 9.80 Å². The molecule has 0 aromatic carbocycles. The van der Waals surface area contributed by atoms with Gasteiger partial charge in [-0.2, -0.15) is 0 Å². The molecule has 1 amide bonds. The minimum absolute atomic E-state index is 0.222. The zero-order chi connectivity index (χ0) is 16.0. The van der Waals surface area contributed by atoms with E-state index in [0.717, 1.165) is 31.7 Å². The van der Waals surface area contributed by atoms with Crippen LogP contribution in [0.5, 0.6) is 0 Å². The molecule has 1 fully saturated rings. The molecule has 2 N–H and O–H groups in total. The Balaban J connectivity index is 2.31. The second kappa shape index (κ2) is 8.74. The number of carbonyl (C=O) groups is 1. The summed E-state index contributed by atoms with van der Waals surface area (Å²) in [6, 6.07) is 0.667. The lowest BCUT2D eigenvalue weighted by atomic mass is 9.87. The molecule has 0 heterocycles. The zero-order valence-corrected chi connectivity index (χ0v) is 14.6. The van der Waals surface area contributed by atoms with Gasteiger partial charge in [0.05, 0.1) is 6.54 Å². The Hall–Kier alpha value is -0.610. The fourth-order valence-electron chi connectivity index (χ4n) is 2.96. The summed E-state index contributed by atoms with van der Waals surface area (Å²) in [6.07, 6.45) is 5.77. The number of hydrogen-bond donors (Lipinski definition) is 1. The molecule has 0 saturated heterocycles. The van der Waals surface area contributed by atoms with Gasteiger partial charge in [0.15, 0.2) is 0 Å². The van der Waals surface area contributed by atoms with E-state index >= 15 is 0 Å². The second-order valence-electron chi connectivity index (χ2n) is 7.35. The summed E-state index contributed by atoms with van der Waals surface area (Å²) in [6.45, 7) is 8.00. The van der Waals surface area contributed by atoms with Gasteiger partial charge in [-0.1, -0.05) is 20.8 Å². The normalized spacial score (nSPS) is 24.4. The van der Waals surface area contributed by atoms with E-state index in [-0.39, 0.29) is 11.9 Å². The Morgan fingerprint density at radius 2 is 1.76 bits per heavy atom. The summed E-state index contributed by atoms with van der Waals surface area (Å²) in [4.78, 5) is 16.4. The van der Waals surface area contributed by atoms with Crippen LogP contribution in [0.1, 0.15) is 52.9 Å². The van der Waals surface area contributed by atoms with Gasteiger partial charge in [-0.15, -0.1) is 0 Å². The SMILES string of the molecule is CC1CCC(N(C)C(=O)CN(C)CCC(N)C(C)C)CC1. The van der Waals surface area contributed by atoms with Crippen LogP contribution in [0.3, 0.4) is 0 Å². The van der Waals surface area contributed by atoms with Gasteiger partial charge in [-0.25, -0.2) is 0 Å². The summed E-state index contributed by atoms with van der Waals surface area (Å²) < 4.78 is 0. The van der Waals surface area contributed by atoms with Gasteiger partial charge >= 0.3 is 0 Å². The van der Waals surface area contributed by atoms with Crippen LogP contribution in [0.2, 0.25) is 0 Å². The van der Waals surface area contributed by atoms with Crippen LogP contribution in [0.15, 0.2) is 0 Å². The third kappa shape index (κ3) is 6.35. The average molecular weight is 297 g/mol. The van der Waals surface area contributed by atoms with E-state index in [2.05, 4.69) is 25.7 Å². The van der Waals surface area contributed by atoms with E-state index < -0.39 is 0 Å². The summed E-state index contributed by atoms with van der Waals surface area (Å²) in [7, 11) is 3.98. The molecule has 1 aliphatic rings. The van der Waals surface area contributed by atoms with Crippen molar-refractivity contribution in [2.24, 2.45) is 17.6 Å². The van der Waals surface area contributed by atoms with Crippen LogP contribution < -0.4 is 5.73 Å². The van der Waals surface area contributed by atoms with Gasteiger partial charge in [0.2, 0.25) is 5.91 Å². The van der Waals surface area contributed by atoms with Crippen LogP contribution in [0.4, 0.5) is 0 Å². The molecular formula is C17H35N3O. The molecule has 21 heavy (non-hydrogen) atoms. The van der Waals surface area contributed by atoms with Gasteiger partial charge in [0, 0.05) is 19.1 Å². The third-order valence-electron chi connectivity index (χ3n) is 5.03. The smallest absolute Gasteiger partial charge is 0.236 e. The van der Waals surface area contributed by atoms with Crippen molar-refractivity contribution in [3.8, 4) is 0 Å². The lowest BCUT2D eigenvalue weighted by Gasteiger charge is -2.34. The maximum atomic E-state index is 12.4. The number of nitrogens with zero attached hydrogens (tertiary/aromatic N) is 2. The molecule has 1 unspecified atom stereocenters. The molecule has 1 rings (SSSR count). The van der Waals surface area contributed by atoms with Crippen molar-refractivity contribution in [1.29, 1.82) is 0 Å². The molecule has 0 aliphatic heterocycles. The van der Waals surface area contributed by atoms with E-state index in [1.54, 1.807) is 0 Å². The molecule has 0 radical (unpaired) electrons. The number of likely N-dealkylation sites (N-methyl/N-ethyl adjacent to an activating group) is 2. The van der Waals surface area contributed by atoms with Crippen LogP contribution in [0, 0.1) is 11.8 Å². The average Bonchev–Trinajstić information content (AvgIpc) is 2.44. The first kappa shape index (κ1) is 18.4. The van der Waals surface area contributed by atoms with Crippen molar-refractivity contribution >= 4 is 5.91 Å². The van der Waals surface area contributed by atoms with E-state index in [1.165, 1.54) is 12.8 Å². The number of amides is 1. The Kier molecular flexibility index (Phi) is 7.67. The Morgan fingerprint density at radius 1 is 1.19 bits per heavy atom. The Labute approximate surface area is 131 Å². The predicted octanol–water partition coefficient (Wildman–Crippen LogP) is 2.33. The monoisotopic (exact) mass is 297 g/mol. The standard InChI is InChI=1S/C17H35N3O/c1-13(2)16(18)10-11-19(4)12-17(21)20(5)15-8-6-14(3)7-9-15/h13-16H,6-12,18H2,1-5H3. The van der Waals surface area contributed by atoms with Crippen LogP contribution >= 0.6 is 0 Å². The molecule has 0 aromatic heterocycles. The van der Waals surface area contributed by atoms with Crippen molar-refractivity contribution in [3.63, 3.8) is 0 Å². The lowest BCUT2D eigenvalue weighted by molar-refractivity contribution is -0.133. The van der Waals surface area contributed by atoms with Gasteiger partial charge in [0.25, 0.3) is 0 Å². The van der Waals surface area contributed by atoms with Crippen molar-refractivity contribution in [3.05, 3.63) is 0 Å². The minimum atomic E-state index is 0.222. The maximum Gasteiger partial charge on any atom is 0.236 e. The molecule has 1 atom stereocenters. The lowest BCUT2D eigenvalue weighted by Crippen LogP contribution is -2.44. The minimum Gasteiger partial charge on any atom is -0.342 e. The molecule has 1 aliphatic carbocycles. The number of nitrogens with two attached hydrogens (primary N) is 1. The summed E-state index contributed by atoms with van der Waals surface area (Å²) in [5.74, 6) is 1.57. The highest BCUT2D eigenvalue weighted by molar-refractivity contribution is 5.78. The summed E-state index contributed by atoms with van der Waals surface area (Å²) in [5, 5.41) is 0. The molecular weight excluding hydrogens is 262 g/mol. The molecule has 0 bridgehead atoms. The zero-order valence-electron chi connectivity index (χ0n) is 14.6. The van der Waals surface area contributed by atoms with Crippen LogP contribution in [0.25, 0.3) is 0 Å². The first-order chi connectivity index (χ1) is 9.81. The highest BCUT2D eigenvalue weighted by Crippen LogP contribution is 2.26. The molecule has 0 aromatic rings. The van der Waals surface area contributed by atoms with E-state index in [9.17, 15) is 4.79 Å². The fourth-order valence-corrected chi connectivity index (χ4v) is 2.96. The van der Waals surface area contributed by atoms with Gasteiger partial charge in [0.1, 0.15) is 0 Å². The highest BCUT2D eigenvalue weighted by atomic mass is 16.2. The molecule has 124 valence electrons. The maximum absolute atomic E-state index is 12.4. The predicted molar refractivity (Wildman–Crippen MR) is 89.1 cm³/mol. The topological polar surface area (TPSA) is 49.6 Å². The molecule has 1 saturated carbocycles. The molecule has 4 heteroatoms. The van der Waals surface area contributed by atoms with E-state index in [0.29, 0.717) is 18.5 Å². The first-order valence-corrected chi connectivity index (χ1v) is 8.51. The van der Waals surface area contributed by atoms with E-state index in [1.807, 2.05) is 19.0 Å². The Morgan fingerprint density at radius 3 is 2.29 bits per heavy atom. The van der Waals surface area contributed by atoms with Crippen LogP contribution in [-0.4, -0.2) is 55.0 Å². The van der Waals surface area contributed by atoms with Gasteiger partial charge in [-0.05, 0) is 57.5 Å².